The van der Waals surface area contributed by atoms with Crippen LogP contribution in [0.3, 0.4) is 0 Å². The van der Waals surface area contributed by atoms with E-state index < -0.39 is 0 Å². The number of aliphatic hydroxyl groups is 1. The lowest BCUT2D eigenvalue weighted by atomic mass is 10.1. The molecule has 0 aliphatic carbocycles. The van der Waals surface area contributed by atoms with E-state index in [-0.39, 0.29) is 6.10 Å². The number of likely N-dealkylation sites (tertiary alicyclic amines) is 1. The van der Waals surface area contributed by atoms with Crippen molar-refractivity contribution in [2.24, 2.45) is 0 Å². The summed E-state index contributed by atoms with van der Waals surface area (Å²) in [6.45, 7) is 10.7. The van der Waals surface area contributed by atoms with Crippen molar-refractivity contribution in [1.82, 2.24) is 20.0 Å². The topological polar surface area (TPSA) is 53.3 Å². The molecule has 120 valence electrons. The van der Waals surface area contributed by atoms with Crippen molar-refractivity contribution in [2.75, 3.05) is 26.2 Å². The van der Waals surface area contributed by atoms with Gasteiger partial charge in [-0.15, -0.1) is 0 Å². The molecule has 0 bridgehead atoms. The molecular weight excluding hydrogens is 264 g/mol. The van der Waals surface area contributed by atoms with E-state index in [1.807, 2.05) is 10.9 Å². The van der Waals surface area contributed by atoms with Crippen LogP contribution in [0.2, 0.25) is 0 Å². The van der Waals surface area contributed by atoms with Crippen LogP contribution >= 0.6 is 0 Å². The summed E-state index contributed by atoms with van der Waals surface area (Å²) >= 11 is 0. The highest BCUT2D eigenvalue weighted by molar-refractivity contribution is 5.09. The van der Waals surface area contributed by atoms with Gasteiger partial charge in [0.2, 0.25) is 0 Å². The van der Waals surface area contributed by atoms with Crippen LogP contribution in [0.1, 0.15) is 57.7 Å². The first-order valence-electron chi connectivity index (χ1n) is 8.24. The van der Waals surface area contributed by atoms with E-state index >= 15 is 0 Å². The molecule has 1 fully saturated rings. The van der Waals surface area contributed by atoms with Crippen LogP contribution in [-0.4, -0.2) is 52.1 Å². The second-order valence-electron chi connectivity index (χ2n) is 6.45. The number of nitrogens with one attached hydrogen (secondary N) is 1. The number of nitrogens with zero attached hydrogens (tertiary/aromatic N) is 3. The number of aromatic nitrogens is 2. The third kappa shape index (κ3) is 5.09. The monoisotopic (exact) mass is 294 g/mol. The summed E-state index contributed by atoms with van der Waals surface area (Å²) in [7, 11) is 0. The summed E-state index contributed by atoms with van der Waals surface area (Å²) in [5.74, 6) is 0. The van der Waals surface area contributed by atoms with E-state index in [9.17, 15) is 5.11 Å². The molecule has 1 unspecified atom stereocenters. The molecule has 0 amide bonds. The minimum absolute atomic E-state index is 0.0723. The minimum atomic E-state index is -0.0723. The standard InChI is InChI=1S/C16H30N4O/c1-13(2)20-12-15(11-18-20)14(3)17-7-4-8-19-9-5-16(21)6-10-19/h11-14,16-17,21H,4-10H2,1-3H3. The molecule has 1 atom stereocenters. The van der Waals surface area contributed by atoms with Gasteiger partial charge in [-0.25, -0.2) is 0 Å². The normalized spacial score (nSPS) is 19.3. The van der Waals surface area contributed by atoms with Crippen LogP contribution in [-0.2, 0) is 0 Å². The molecule has 1 saturated heterocycles. The molecule has 1 aliphatic heterocycles. The number of aliphatic hydroxyl groups excluding tert-OH is 1. The van der Waals surface area contributed by atoms with Gasteiger partial charge in [0.05, 0.1) is 12.3 Å². The third-order valence-corrected chi connectivity index (χ3v) is 4.31. The third-order valence-electron chi connectivity index (χ3n) is 4.31. The molecule has 2 rings (SSSR count). The summed E-state index contributed by atoms with van der Waals surface area (Å²) < 4.78 is 2.01. The molecule has 1 aliphatic rings. The zero-order valence-electron chi connectivity index (χ0n) is 13.6. The molecule has 5 heteroatoms. The van der Waals surface area contributed by atoms with Crippen molar-refractivity contribution >= 4 is 0 Å². The Bertz CT molecular complexity index is 410. The van der Waals surface area contributed by atoms with E-state index in [0.717, 1.165) is 45.4 Å². The molecule has 0 aromatic carbocycles. The van der Waals surface area contributed by atoms with Gasteiger partial charge in [-0.3, -0.25) is 4.68 Å². The Kier molecular flexibility index (Phi) is 6.21. The zero-order valence-corrected chi connectivity index (χ0v) is 13.6. The van der Waals surface area contributed by atoms with Crippen molar-refractivity contribution in [3.63, 3.8) is 0 Å². The van der Waals surface area contributed by atoms with Crippen LogP contribution in [0.4, 0.5) is 0 Å². The van der Waals surface area contributed by atoms with Crippen LogP contribution in [0.15, 0.2) is 12.4 Å². The summed E-state index contributed by atoms with van der Waals surface area (Å²) in [6.07, 6.45) is 7.03. The molecule has 1 aromatic heterocycles. The predicted molar refractivity (Wildman–Crippen MR) is 85.3 cm³/mol. The molecule has 2 heterocycles. The maximum Gasteiger partial charge on any atom is 0.0564 e. The minimum Gasteiger partial charge on any atom is -0.393 e. The van der Waals surface area contributed by atoms with Gasteiger partial charge in [0.1, 0.15) is 0 Å². The summed E-state index contributed by atoms with van der Waals surface area (Å²) in [4.78, 5) is 2.45. The molecule has 21 heavy (non-hydrogen) atoms. The smallest absolute Gasteiger partial charge is 0.0564 e. The summed E-state index contributed by atoms with van der Waals surface area (Å²) in [5, 5.41) is 17.5. The van der Waals surface area contributed by atoms with E-state index in [1.165, 1.54) is 5.56 Å². The number of piperidine rings is 1. The van der Waals surface area contributed by atoms with Gasteiger partial charge in [0.15, 0.2) is 0 Å². The lowest BCUT2D eigenvalue weighted by Crippen LogP contribution is -2.37. The Labute approximate surface area is 128 Å². The van der Waals surface area contributed by atoms with Crippen molar-refractivity contribution in [3.05, 3.63) is 18.0 Å². The van der Waals surface area contributed by atoms with Gasteiger partial charge < -0.3 is 15.3 Å². The molecular formula is C16H30N4O. The maximum absolute atomic E-state index is 9.49. The van der Waals surface area contributed by atoms with Crippen LogP contribution in [0, 0.1) is 0 Å². The van der Waals surface area contributed by atoms with Crippen molar-refractivity contribution in [2.45, 2.75) is 58.2 Å². The van der Waals surface area contributed by atoms with Gasteiger partial charge in [-0.2, -0.15) is 5.10 Å². The van der Waals surface area contributed by atoms with Gasteiger partial charge in [-0.05, 0) is 53.1 Å². The maximum atomic E-state index is 9.49. The van der Waals surface area contributed by atoms with Crippen molar-refractivity contribution in [3.8, 4) is 0 Å². The van der Waals surface area contributed by atoms with Gasteiger partial charge in [0.25, 0.3) is 0 Å². The highest BCUT2D eigenvalue weighted by Gasteiger charge is 2.16. The fourth-order valence-corrected chi connectivity index (χ4v) is 2.74. The van der Waals surface area contributed by atoms with Crippen LogP contribution in [0.25, 0.3) is 0 Å². The molecule has 0 saturated carbocycles. The van der Waals surface area contributed by atoms with Crippen molar-refractivity contribution in [1.29, 1.82) is 0 Å². The van der Waals surface area contributed by atoms with E-state index in [2.05, 4.69) is 42.3 Å². The number of rotatable bonds is 7. The second kappa shape index (κ2) is 7.92. The van der Waals surface area contributed by atoms with E-state index in [0.29, 0.717) is 12.1 Å². The lowest BCUT2D eigenvalue weighted by Gasteiger charge is -2.29. The lowest BCUT2D eigenvalue weighted by molar-refractivity contribution is 0.0820. The first-order valence-corrected chi connectivity index (χ1v) is 8.24. The van der Waals surface area contributed by atoms with Gasteiger partial charge in [0, 0.05) is 36.9 Å². The Morgan fingerprint density at radius 1 is 1.33 bits per heavy atom. The Morgan fingerprint density at radius 2 is 2.05 bits per heavy atom. The van der Waals surface area contributed by atoms with Crippen LogP contribution in [0.5, 0.6) is 0 Å². The van der Waals surface area contributed by atoms with E-state index in [1.54, 1.807) is 0 Å². The zero-order chi connectivity index (χ0) is 15.2. The predicted octanol–water partition coefficient (Wildman–Crippen LogP) is 1.96. The summed E-state index contributed by atoms with van der Waals surface area (Å²) in [6, 6.07) is 0.765. The van der Waals surface area contributed by atoms with E-state index in [4.69, 9.17) is 0 Å². The molecule has 0 spiro atoms. The first kappa shape index (κ1) is 16.5. The Morgan fingerprint density at radius 3 is 2.67 bits per heavy atom. The highest BCUT2D eigenvalue weighted by Crippen LogP contribution is 2.14. The average molecular weight is 294 g/mol. The van der Waals surface area contributed by atoms with Crippen molar-refractivity contribution < 1.29 is 5.11 Å². The first-order chi connectivity index (χ1) is 10.1. The second-order valence-corrected chi connectivity index (χ2v) is 6.45. The Hall–Kier alpha value is -0.910. The number of hydrogen-bond acceptors (Lipinski definition) is 4. The SMILES string of the molecule is CC(NCCCN1CCC(O)CC1)c1cnn(C(C)C)c1. The van der Waals surface area contributed by atoms with Crippen LogP contribution < -0.4 is 5.32 Å². The average Bonchev–Trinajstić information content (AvgIpc) is 2.95. The summed E-state index contributed by atoms with van der Waals surface area (Å²) in [5.41, 5.74) is 1.25. The fourth-order valence-electron chi connectivity index (χ4n) is 2.74. The number of hydrogen-bond donors (Lipinski definition) is 2. The molecule has 5 nitrogen and oxygen atoms in total. The highest BCUT2D eigenvalue weighted by atomic mass is 16.3. The van der Waals surface area contributed by atoms with Gasteiger partial charge >= 0.3 is 0 Å². The quantitative estimate of drug-likeness (QED) is 0.755. The van der Waals surface area contributed by atoms with Gasteiger partial charge in [-0.1, -0.05) is 0 Å². The molecule has 2 N–H and O–H groups in total. The largest absolute Gasteiger partial charge is 0.393 e. The molecule has 0 radical (unpaired) electrons. The fraction of sp³-hybridized carbons (Fsp3) is 0.812. The Balaban J connectivity index is 1.63. The molecule has 1 aromatic rings.